The molecule has 0 fully saturated rings. The van der Waals surface area contributed by atoms with Crippen molar-refractivity contribution in [3.63, 3.8) is 0 Å². The van der Waals surface area contributed by atoms with Gasteiger partial charge in [0.25, 0.3) is 0 Å². The zero-order valence-electron chi connectivity index (χ0n) is 7.33. The minimum Gasteiger partial charge on any atom is -0.399 e. The fourth-order valence-corrected chi connectivity index (χ4v) is 1.53. The zero-order chi connectivity index (χ0) is 9.26. The van der Waals surface area contributed by atoms with Crippen LogP contribution in [0.15, 0.2) is 43.0 Å². The standard InChI is InChI=1S/C12H11N/c1-2-9-7-11(13)8-10-5-3-4-6-12(9)10/h2-8H,1,13H2. The van der Waals surface area contributed by atoms with Crippen molar-refractivity contribution in [2.75, 3.05) is 5.73 Å². The third-order valence-electron chi connectivity index (χ3n) is 2.14. The number of nitrogen functional groups attached to an aromatic ring is 1. The Hall–Kier alpha value is -1.76. The number of nitrogens with two attached hydrogens (primary N) is 1. The summed E-state index contributed by atoms with van der Waals surface area (Å²) in [5.41, 5.74) is 7.63. The fourth-order valence-electron chi connectivity index (χ4n) is 1.53. The first-order chi connectivity index (χ1) is 6.31. The Morgan fingerprint density at radius 2 is 1.92 bits per heavy atom. The zero-order valence-corrected chi connectivity index (χ0v) is 7.33. The molecule has 0 aliphatic heterocycles. The molecule has 1 heteroatoms. The summed E-state index contributed by atoms with van der Waals surface area (Å²) in [5.74, 6) is 0. The van der Waals surface area contributed by atoms with Crippen molar-refractivity contribution >= 4 is 22.5 Å². The molecule has 1 nitrogen and oxygen atoms in total. The number of fused-ring (bicyclic) bond motifs is 1. The second kappa shape index (κ2) is 2.94. The molecule has 13 heavy (non-hydrogen) atoms. The van der Waals surface area contributed by atoms with Gasteiger partial charge in [-0.1, -0.05) is 36.9 Å². The summed E-state index contributed by atoms with van der Waals surface area (Å²) in [6.07, 6.45) is 1.83. The summed E-state index contributed by atoms with van der Waals surface area (Å²) < 4.78 is 0. The van der Waals surface area contributed by atoms with E-state index in [1.165, 1.54) is 5.39 Å². The summed E-state index contributed by atoms with van der Waals surface area (Å²) in [7, 11) is 0. The van der Waals surface area contributed by atoms with Gasteiger partial charge in [0.15, 0.2) is 0 Å². The van der Waals surface area contributed by atoms with E-state index < -0.39 is 0 Å². The van der Waals surface area contributed by atoms with Crippen molar-refractivity contribution in [2.24, 2.45) is 0 Å². The first-order valence-electron chi connectivity index (χ1n) is 4.22. The molecule has 0 heterocycles. The normalized spacial score (nSPS) is 10.2. The van der Waals surface area contributed by atoms with Crippen molar-refractivity contribution in [3.05, 3.63) is 48.5 Å². The highest BCUT2D eigenvalue weighted by molar-refractivity contribution is 5.92. The lowest BCUT2D eigenvalue weighted by molar-refractivity contribution is 1.70. The van der Waals surface area contributed by atoms with Gasteiger partial charge in [0.1, 0.15) is 0 Å². The Morgan fingerprint density at radius 3 is 2.69 bits per heavy atom. The maximum atomic E-state index is 5.75. The van der Waals surface area contributed by atoms with Gasteiger partial charge in [-0.15, -0.1) is 0 Å². The Morgan fingerprint density at radius 1 is 1.15 bits per heavy atom. The van der Waals surface area contributed by atoms with E-state index in [9.17, 15) is 0 Å². The van der Waals surface area contributed by atoms with Crippen LogP contribution in [-0.2, 0) is 0 Å². The Bertz CT molecular complexity index is 458. The number of anilines is 1. The molecular formula is C12H11N. The van der Waals surface area contributed by atoms with Crippen molar-refractivity contribution < 1.29 is 0 Å². The average Bonchev–Trinajstić information content (AvgIpc) is 2.16. The quantitative estimate of drug-likeness (QED) is 0.652. The highest BCUT2D eigenvalue weighted by Crippen LogP contribution is 2.22. The molecule has 0 saturated carbocycles. The van der Waals surface area contributed by atoms with E-state index >= 15 is 0 Å². The summed E-state index contributed by atoms with van der Waals surface area (Å²) in [4.78, 5) is 0. The van der Waals surface area contributed by atoms with Crippen molar-refractivity contribution in [1.29, 1.82) is 0 Å². The van der Waals surface area contributed by atoms with Crippen LogP contribution in [0.5, 0.6) is 0 Å². The summed E-state index contributed by atoms with van der Waals surface area (Å²) >= 11 is 0. The molecule has 0 aliphatic rings. The molecule has 0 spiro atoms. The van der Waals surface area contributed by atoms with Gasteiger partial charge in [-0.2, -0.15) is 0 Å². The molecule has 2 N–H and O–H groups in total. The monoisotopic (exact) mass is 169 g/mol. The molecule has 0 aromatic heterocycles. The highest BCUT2D eigenvalue weighted by atomic mass is 14.5. The van der Waals surface area contributed by atoms with Crippen LogP contribution in [-0.4, -0.2) is 0 Å². The molecule has 2 aromatic rings. The van der Waals surface area contributed by atoms with Crippen molar-refractivity contribution in [1.82, 2.24) is 0 Å². The van der Waals surface area contributed by atoms with Gasteiger partial charge in [-0.3, -0.25) is 0 Å². The maximum Gasteiger partial charge on any atom is 0.0326 e. The number of rotatable bonds is 1. The van der Waals surface area contributed by atoms with E-state index in [1.54, 1.807) is 0 Å². The first-order valence-corrected chi connectivity index (χ1v) is 4.22. The smallest absolute Gasteiger partial charge is 0.0326 e. The van der Waals surface area contributed by atoms with E-state index in [2.05, 4.69) is 18.7 Å². The molecule has 2 aromatic carbocycles. The largest absolute Gasteiger partial charge is 0.399 e. The van der Waals surface area contributed by atoms with Gasteiger partial charge in [0.05, 0.1) is 0 Å². The van der Waals surface area contributed by atoms with E-state index in [0.29, 0.717) is 0 Å². The number of hydrogen-bond acceptors (Lipinski definition) is 1. The fraction of sp³-hybridized carbons (Fsp3) is 0. The minimum absolute atomic E-state index is 0.786. The third kappa shape index (κ3) is 1.29. The molecule has 0 amide bonds. The Balaban J connectivity index is 2.89. The van der Waals surface area contributed by atoms with Crippen LogP contribution in [0.4, 0.5) is 5.69 Å². The van der Waals surface area contributed by atoms with E-state index in [4.69, 9.17) is 5.73 Å². The number of benzene rings is 2. The van der Waals surface area contributed by atoms with Crippen LogP contribution < -0.4 is 5.73 Å². The van der Waals surface area contributed by atoms with Crippen molar-refractivity contribution in [2.45, 2.75) is 0 Å². The minimum atomic E-state index is 0.786. The van der Waals surface area contributed by atoms with Gasteiger partial charge in [0, 0.05) is 5.69 Å². The molecule has 0 aliphatic carbocycles. The Labute approximate surface area is 77.5 Å². The predicted octanol–water partition coefficient (Wildman–Crippen LogP) is 3.07. The molecule has 64 valence electrons. The lowest BCUT2D eigenvalue weighted by Crippen LogP contribution is -1.86. The lowest BCUT2D eigenvalue weighted by Gasteiger charge is -2.03. The molecule has 2 rings (SSSR count). The van der Waals surface area contributed by atoms with Crippen LogP contribution in [0.2, 0.25) is 0 Å². The van der Waals surface area contributed by atoms with E-state index in [0.717, 1.165) is 16.6 Å². The average molecular weight is 169 g/mol. The second-order valence-electron chi connectivity index (χ2n) is 3.04. The van der Waals surface area contributed by atoms with Gasteiger partial charge in [-0.05, 0) is 28.5 Å². The Kier molecular flexibility index (Phi) is 1.78. The van der Waals surface area contributed by atoms with Gasteiger partial charge in [-0.25, -0.2) is 0 Å². The second-order valence-corrected chi connectivity index (χ2v) is 3.04. The van der Waals surface area contributed by atoms with Gasteiger partial charge < -0.3 is 5.73 Å². The topological polar surface area (TPSA) is 26.0 Å². The van der Waals surface area contributed by atoms with Gasteiger partial charge in [0.2, 0.25) is 0 Å². The number of hydrogen-bond donors (Lipinski definition) is 1. The molecule has 0 unspecified atom stereocenters. The molecule has 0 radical (unpaired) electrons. The predicted molar refractivity (Wildman–Crippen MR) is 58.5 cm³/mol. The molecular weight excluding hydrogens is 158 g/mol. The van der Waals surface area contributed by atoms with E-state index in [1.807, 2.05) is 30.3 Å². The van der Waals surface area contributed by atoms with Crippen LogP contribution in [0.25, 0.3) is 16.8 Å². The lowest BCUT2D eigenvalue weighted by atomic mass is 10.0. The third-order valence-corrected chi connectivity index (χ3v) is 2.14. The van der Waals surface area contributed by atoms with Crippen molar-refractivity contribution in [3.8, 4) is 0 Å². The SMILES string of the molecule is C=Cc1cc(N)cc2ccccc12. The van der Waals surface area contributed by atoms with Gasteiger partial charge >= 0.3 is 0 Å². The van der Waals surface area contributed by atoms with Crippen LogP contribution in [0.1, 0.15) is 5.56 Å². The molecule has 0 atom stereocenters. The van der Waals surface area contributed by atoms with E-state index in [-0.39, 0.29) is 0 Å². The summed E-state index contributed by atoms with van der Waals surface area (Å²) in [6, 6.07) is 12.1. The maximum absolute atomic E-state index is 5.75. The van der Waals surface area contributed by atoms with Crippen LogP contribution in [0.3, 0.4) is 0 Å². The molecule has 0 bridgehead atoms. The van der Waals surface area contributed by atoms with Crippen LogP contribution in [0, 0.1) is 0 Å². The first kappa shape index (κ1) is 7.87. The molecule has 0 saturated heterocycles. The summed E-state index contributed by atoms with van der Waals surface area (Å²) in [6.45, 7) is 3.77. The highest BCUT2D eigenvalue weighted by Gasteiger charge is 1.97. The van der Waals surface area contributed by atoms with Crippen LogP contribution >= 0.6 is 0 Å². The summed E-state index contributed by atoms with van der Waals surface area (Å²) in [5, 5.41) is 2.36.